The Morgan fingerprint density at radius 2 is 0.595 bits per heavy atom. The molecule has 14 aromatic rings. The Labute approximate surface area is 416 Å². The van der Waals surface area contributed by atoms with Crippen molar-refractivity contribution in [3.8, 4) is 39.9 Å². The smallest absolute Gasteiger partial charge is 0.309 e. The Bertz CT molecular complexity index is 4340. The molecule has 74 heavy (non-hydrogen) atoms. The van der Waals surface area contributed by atoms with Crippen LogP contribution in [-0.4, -0.2) is 18.3 Å². The number of hydrogen-bond donors (Lipinski definition) is 0. The first kappa shape index (κ1) is 43.3. The van der Waals surface area contributed by atoms with Crippen molar-refractivity contribution in [2.45, 2.75) is 12.4 Å². The summed E-state index contributed by atoms with van der Waals surface area (Å²) in [6, 6.07) is 65.5. The summed E-state index contributed by atoms with van der Waals surface area (Å²) in [6.07, 6.45) is -10.5. The van der Waals surface area contributed by atoms with Crippen molar-refractivity contribution in [3.63, 3.8) is 0 Å². The van der Waals surface area contributed by atoms with Crippen molar-refractivity contribution < 1.29 is 26.3 Å². The number of fused-ring (bicyclic) bond motifs is 12. The third-order valence-electron chi connectivity index (χ3n) is 14.6. The summed E-state index contributed by atoms with van der Waals surface area (Å²) in [5.41, 5.74) is 2.64. The molecule has 0 atom stereocenters. The summed E-state index contributed by atoms with van der Waals surface area (Å²) in [5.74, 6) is 0. The van der Waals surface area contributed by atoms with Crippen LogP contribution in [0.2, 0.25) is 0 Å². The van der Waals surface area contributed by atoms with E-state index in [1.807, 2.05) is 158 Å². The van der Waals surface area contributed by atoms with Crippen LogP contribution in [0.25, 0.3) is 121 Å². The van der Waals surface area contributed by atoms with Crippen molar-refractivity contribution in [2.75, 3.05) is 0 Å². The number of alkyl halides is 6. The van der Waals surface area contributed by atoms with Crippen molar-refractivity contribution in [1.82, 2.24) is 18.3 Å². The lowest BCUT2D eigenvalue weighted by atomic mass is 9.89. The molecule has 0 aliphatic heterocycles. The van der Waals surface area contributed by atoms with E-state index in [1.165, 1.54) is 12.1 Å². The average molecular weight is 976 g/mol. The molecular formula is C63H35F6N5. The van der Waals surface area contributed by atoms with Gasteiger partial charge in [0.05, 0.1) is 78.3 Å². The molecule has 0 aliphatic rings. The lowest BCUT2D eigenvalue weighted by Crippen LogP contribution is -2.16. The summed E-state index contributed by atoms with van der Waals surface area (Å²) < 4.78 is 103. The third-order valence-corrected chi connectivity index (χ3v) is 14.6. The molecule has 354 valence electrons. The van der Waals surface area contributed by atoms with Crippen molar-refractivity contribution in [1.29, 1.82) is 5.26 Å². The Balaban J connectivity index is 1.17. The van der Waals surface area contributed by atoms with E-state index in [-0.39, 0.29) is 22.5 Å². The first-order valence-electron chi connectivity index (χ1n) is 23.9. The Morgan fingerprint density at radius 1 is 0.297 bits per heavy atom. The molecule has 14 rings (SSSR count). The van der Waals surface area contributed by atoms with Crippen LogP contribution in [0, 0.1) is 11.3 Å². The molecule has 0 bridgehead atoms. The fourth-order valence-electron chi connectivity index (χ4n) is 11.7. The molecule has 0 saturated carbocycles. The second-order valence-electron chi connectivity index (χ2n) is 18.6. The molecule has 4 aromatic heterocycles. The number of halogens is 6. The van der Waals surface area contributed by atoms with Gasteiger partial charge in [-0.25, -0.2) is 0 Å². The molecule has 0 fully saturated rings. The maximum atomic E-state index is 15.9. The van der Waals surface area contributed by atoms with Gasteiger partial charge < -0.3 is 18.3 Å². The molecule has 0 N–H and O–H groups in total. The topological polar surface area (TPSA) is 43.5 Å². The molecule has 0 aliphatic carbocycles. The van der Waals surface area contributed by atoms with Gasteiger partial charge in [-0.05, 0) is 84.9 Å². The molecule has 10 aromatic carbocycles. The van der Waals surface area contributed by atoms with E-state index in [0.29, 0.717) is 67.1 Å². The molecule has 0 radical (unpaired) electrons. The summed E-state index contributed by atoms with van der Waals surface area (Å²) in [4.78, 5) is 0. The number of nitrogens with zero attached hydrogens (tertiary/aromatic N) is 5. The highest BCUT2D eigenvalue weighted by Gasteiger charge is 2.43. The molecule has 0 saturated heterocycles. The van der Waals surface area contributed by atoms with Crippen molar-refractivity contribution in [3.05, 3.63) is 229 Å². The molecule has 0 spiro atoms. The van der Waals surface area contributed by atoms with E-state index >= 15 is 26.3 Å². The van der Waals surface area contributed by atoms with E-state index in [9.17, 15) is 5.26 Å². The minimum atomic E-state index is -5.26. The van der Waals surface area contributed by atoms with Crippen molar-refractivity contribution >= 4 is 87.2 Å². The summed E-state index contributed by atoms with van der Waals surface area (Å²) >= 11 is 0. The number of aromatic nitrogens is 4. The highest BCUT2D eigenvalue weighted by Crippen LogP contribution is 2.51. The second-order valence-corrected chi connectivity index (χ2v) is 18.6. The lowest BCUT2D eigenvalue weighted by molar-refractivity contribution is -0.142. The molecule has 11 heteroatoms. The molecule has 4 heterocycles. The van der Waals surface area contributed by atoms with Crippen LogP contribution >= 0.6 is 0 Å². The number of rotatable bonds is 5. The summed E-state index contributed by atoms with van der Waals surface area (Å²) in [5, 5.41) is 17.9. The fourth-order valence-corrected chi connectivity index (χ4v) is 11.7. The average Bonchev–Trinajstić information content (AvgIpc) is 4.17. The molecule has 0 unspecified atom stereocenters. The monoisotopic (exact) mass is 975 g/mol. The predicted molar refractivity (Wildman–Crippen MR) is 284 cm³/mol. The van der Waals surface area contributed by atoms with Crippen LogP contribution < -0.4 is 0 Å². The maximum Gasteiger partial charge on any atom is 0.417 e. The number of nitriles is 1. The van der Waals surface area contributed by atoms with Gasteiger partial charge in [0.2, 0.25) is 0 Å². The maximum absolute atomic E-state index is 15.9. The van der Waals surface area contributed by atoms with Gasteiger partial charge >= 0.3 is 12.4 Å². The van der Waals surface area contributed by atoms with Gasteiger partial charge in [0.1, 0.15) is 0 Å². The SMILES string of the molecule is N#Cc1cc(-n2c3ccccc3c3ccc(-n4c5ccccc5c5ccccc54)cc32)c(-c2c(C(F)(F)F)cccc2C(F)(F)F)c(-n2c3ccccc3c3ccc(-n4c5ccccc5c5ccccc54)cc32)c1. The van der Waals surface area contributed by atoms with Crippen LogP contribution in [0.1, 0.15) is 16.7 Å². The van der Waals surface area contributed by atoms with Gasteiger partial charge in [0.25, 0.3) is 0 Å². The number of hydrogen-bond acceptors (Lipinski definition) is 1. The van der Waals surface area contributed by atoms with Gasteiger partial charge in [-0.2, -0.15) is 31.6 Å². The van der Waals surface area contributed by atoms with Gasteiger partial charge in [-0.15, -0.1) is 0 Å². The minimum Gasteiger partial charge on any atom is -0.309 e. The van der Waals surface area contributed by atoms with Crippen LogP contribution in [0.15, 0.2) is 212 Å². The Hall–Kier alpha value is -9.53. The second kappa shape index (κ2) is 15.7. The quantitative estimate of drug-likeness (QED) is 0.159. The Morgan fingerprint density at radius 3 is 0.905 bits per heavy atom. The van der Waals surface area contributed by atoms with Crippen LogP contribution in [0.3, 0.4) is 0 Å². The van der Waals surface area contributed by atoms with Gasteiger partial charge in [0, 0.05) is 65.6 Å². The van der Waals surface area contributed by atoms with E-state index in [2.05, 4.69) is 15.2 Å². The fraction of sp³-hybridized carbons (Fsp3) is 0.0317. The van der Waals surface area contributed by atoms with Crippen LogP contribution in [0.5, 0.6) is 0 Å². The Kier molecular flexibility index (Phi) is 9.20. The van der Waals surface area contributed by atoms with Crippen LogP contribution in [-0.2, 0) is 12.4 Å². The molecule has 0 amide bonds. The van der Waals surface area contributed by atoms with Gasteiger partial charge in [-0.1, -0.05) is 127 Å². The highest BCUT2D eigenvalue weighted by molar-refractivity contribution is 6.15. The van der Waals surface area contributed by atoms with Gasteiger partial charge in [-0.3, -0.25) is 0 Å². The zero-order valence-electron chi connectivity index (χ0n) is 38.7. The van der Waals surface area contributed by atoms with Gasteiger partial charge in [0.15, 0.2) is 0 Å². The number of para-hydroxylation sites is 6. The zero-order chi connectivity index (χ0) is 50.2. The summed E-state index contributed by atoms with van der Waals surface area (Å²) in [7, 11) is 0. The largest absolute Gasteiger partial charge is 0.417 e. The number of benzene rings is 10. The molecule has 5 nitrogen and oxygen atoms in total. The van der Waals surface area contributed by atoms with E-state index in [0.717, 1.165) is 49.7 Å². The predicted octanol–water partition coefficient (Wildman–Crippen LogP) is 17.7. The van der Waals surface area contributed by atoms with Crippen molar-refractivity contribution in [2.24, 2.45) is 0 Å². The lowest BCUT2D eigenvalue weighted by Gasteiger charge is -2.25. The first-order chi connectivity index (χ1) is 36.0. The molecular weight excluding hydrogens is 941 g/mol. The standard InChI is InChI=1S/C63H35F6N5/c64-62(65,66)48-20-13-21-49(63(67,68)69)60(48)61-58(73-54-26-11-5-18-44(54)46-30-28-38(34-56(46)73)71-50-22-7-1-14-40(50)41-15-2-8-23-51(41)71)32-37(36-70)33-59(61)74-55-27-12-6-19-45(55)47-31-29-39(35-57(47)74)72-52-24-9-3-16-42(52)43-17-4-10-25-53(43)72/h1-35H. The minimum absolute atomic E-state index is 0.0192. The van der Waals surface area contributed by atoms with E-state index < -0.39 is 29.0 Å². The van der Waals surface area contributed by atoms with E-state index in [1.54, 1.807) is 33.4 Å². The normalized spacial score (nSPS) is 12.4. The van der Waals surface area contributed by atoms with E-state index in [4.69, 9.17) is 0 Å². The zero-order valence-corrected chi connectivity index (χ0v) is 38.7. The first-order valence-corrected chi connectivity index (χ1v) is 23.9. The van der Waals surface area contributed by atoms with Crippen LogP contribution in [0.4, 0.5) is 26.3 Å². The highest BCUT2D eigenvalue weighted by atomic mass is 19.4. The third kappa shape index (κ3) is 6.24. The summed E-state index contributed by atoms with van der Waals surface area (Å²) in [6.45, 7) is 0.